The molecule has 8 bridgehead atoms. The quantitative estimate of drug-likeness (QED) is 0.149. The molecule has 0 spiro atoms. The van der Waals surface area contributed by atoms with Gasteiger partial charge in [0.15, 0.2) is 11.0 Å². The van der Waals surface area contributed by atoms with E-state index < -0.39 is 0 Å². The first-order chi connectivity index (χ1) is 29.7. The van der Waals surface area contributed by atoms with Crippen LogP contribution in [0.5, 0.6) is 0 Å². The van der Waals surface area contributed by atoms with E-state index in [0.717, 1.165) is 77.4 Å². The molecule has 0 N–H and O–H groups in total. The first-order valence-electron chi connectivity index (χ1n) is 19.4. The van der Waals surface area contributed by atoms with E-state index in [-0.39, 0.29) is 0 Å². The Morgan fingerprint density at radius 1 is 0.333 bits per heavy atom. The highest BCUT2D eigenvalue weighted by atomic mass is 16.4. The minimum absolute atomic E-state index is 0.371. The summed E-state index contributed by atoms with van der Waals surface area (Å²) in [6.07, 6.45) is 15.3. The van der Waals surface area contributed by atoms with Gasteiger partial charge in [0, 0.05) is 69.1 Å². The van der Waals surface area contributed by atoms with Crippen molar-refractivity contribution < 1.29 is 8.83 Å². The minimum atomic E-state index is 0.371. The summed E-state index contributed by atoms with van der Waals surface area (Å²) in [5.41, 5.74) is 12.9. The van der Waals surface area contributed by atoms with Crippen LogP contribution < -0.4 is 0 Å². The van der Waals surface area contributed by atoms with Crippen molar-refractivity contribution in [2.45, 2.75) is 0 Å². The molecule has 0 radical (unpaired) electrons. The average molecular weight is 777 g/mol. The van der Waals surface area contributed by atoms with E-state index in [1.54, 1.807) is 12.4 Å². The minimum Gasteiger partial charge on any atom is -0.404 e. The highest BCUT2D eigenvalue weighted by Gasteiger charge is 2.23. The van der Waals surface area contributed by atoms with Gasteiger partial charge in [0.1, 0.15) is 34.7 Å². The second-order valence-electron chi connectivity index (χ2n) is 15.2. The number of benzene rings is 4. The lowest BCUT2D eigenvalue weighted by molar-refractivity contribution is 0.557. The third-order valence-corrected chi connectivity index (χ3v) is 12.1. The Labute approximate surface area is 335 Å². The van der Waals surface area contributed by atoms with E-state index in [4.69, 9.17) is 28.8 Å². The predicted octanol–water partition coefficient (Wildman–Crippen LogP) is 9.53. The standard InChI is InChI=1S/C46H24N12O2/c1-2-26-14-18-54-30-7-11-32(12-8-30)58-24-50-34-22-48-44-36(42(34)58)52-46(60-44)56-20-16-28-4-3-27-15-19-55(39(27)40(28)56)45-51-35-41-33(21-47-43(35)59-45)49-23-57(41)31-9-5-29(6-10-31)53-17-13-25(1)37(53)38(26)54/h1-24H. The molecule has 0 fully saturated rings. The van der Waals surface area contributed by atoms with Gasteiger partial charge in [-0.2, -0.15) is 9.97 Å². The lowest BCUT2D eigenvalue weighted by atomic mass is 10.2. The third kappa shape index (κ3) is 3.81. The molecule has 0 atom stereocenters. The van der Waals surface area contributed by atoms with Crippen LogP contribution in [0.3, 0.4) is 0 Å². The molecule has 60 heavy (non-hydrogen) atoms. The lowest BCUT2D eigenvalue weighted by Crippen LogP contribution is -1.99. The summed E-state index contributed by atoms with van der Waals surface area (Å²) in [5.74, 6) is 0. The van der Waals surface area contributed by atoms with Gasteiger partial charge in [-0.3, -0.25) is 18.3 Å². The summed E-state index contributed by atoms with van der Waals surface area (Å²) in [5, 5.41) is 4.27. The molecule has 14 heterocycles. The van der Waals surface area contributed by atoms with Crippen LogP contribution >= 0.6 is 0 Å². The van der Waals surface area contributed by atoms with E-state index in [9.17, 15) is 0 Å². The maximum Gasteiger partial charge on any atom is 0.308 e. The molecule has 14 aromatic rings. The van der Waals surface area contributed by atoms with Crippen molar-refractivity contribution in [1.29, 1.82) is 0 Å². The van der Waals surface area contributed by atoms with Crippen molar-refractivity contribution in [3.8, 4) is 34.8 Å². The topological polar surface area (TPSA) is 133 Å². The fourth-order valence-electron chi connectivity index (χ4n) is 9.29. The molecule has 0 aliphatic carbocycles. The molecule has 4 aliphatic rings. The SMILES string of the molecule is c1cc2ccc1-n1cnc3cnc4oc(nc4c31)-n1ccc3ccc4ccn(c4c31)-c1nc3c(ncc4ncn(c43)-c3ccc(cc3)-n3ccc4ccc5ccn-2c5c43)o1. The zero-order valence-corrected chi connectivity index (χ0v) is 31.0. The number of rotatable bonds is 0. The van der Waals surface area contributed by atoms with Crippen molar-refractivity contribution in [3.05, 3.63) is 147 Å². The average Bonchev–Trinajstić information content (AvgIpc) is 4.14. The molecule has 0 saturated heterocycles. The van der Waals surface area contributed by atoms with Crippen molar-refractivity contribution >= 4 is 88.1 Å². The second-order valence-corrected chi connectivity index (χ2v) is 15.2. The first kappa shape index (κ1) is 30.4. The molecule has 4 aromatic carbocycles. The summed E-state index contributed by atoms with van der Waals surface area (Å²) in [6, 6.07) is 34.7. The van der Waals surface area contributed by atoms with Gasteiger partial charge >= 0.3 is 12.0 Å². The van der Waals surface area contributed by atoms with Crippen molar-refractivity contribution in [3.63, 3.8) is 0 Å². The highest BCUT2D eigenvalue weighted by molar-refractivity contribution is 6.07. The van der Waals surface area contributed by atoms with E-state index in [0.29, 0.717) is 45.5 Å². The van der Waals surface area contributed by atoms with E-state index in [1.165, 1.54) is 0 Å². The van der Waals surface area contributed by atoms with Crippen LogP contribution in [0.15, 0.2) is 156 Å². The Bertz CT molecular complexity index is 3860. The number of oxazole rings is 2. The van der Waals surface area contributed by atoms with Gasteiger partial charge in [0.25, 0.3) is 11.4 Å². The van der Waals surface area contributed by atoms with E-state index in [2.05, 4.69) is 116 Å². The highest BCUT2D eigenvalue weighted by Crippen LogP contribution is 2.37. The molecule has 14 nitrogen and oxygen atoms in total. The predicted molar refractivity (Wildman–Crippen MR) is 227 cm³/mol. The van der Waals surface area contributed by atoms with E-state index in [1.807, 2.05) is 55.4 Å². The molecule has 0 amide bonds. The van der Waals surface area contributed by atoms with Gasteiger partial charge in [-0.15, -0.1) is 0 Å². The smallest absolute Gasteiger partial charge is 0.308 e. The van der Waals surface area contributed by atoms with Gasteiger partial charge in [-0.05, 0) is 72.8 Å². The van der Waals surface area contributed by atoms with Crippen LogP contribution in [0.25, 0.3) is 123 Å². The fraction of sp³-hybridized carbons (Fsp3) is 0. The molecular weight excluding hydrogens is 753 g/mol. The van der Waals surface area contributed by atoms with Crippen LogP contribution in [0.1, 0.15) is 0 Å². The molecule has 4 aliphatic heterocycles. The number of aromatic nitrogens is 12. The largest absolute Gasteiger partial charge is 0.404 e. The van der Waals surface area contributed by atoms with Gasteiger partial charge in [0.2, 0.25) is 0 Å². The lowest BCUT2D eigenvalue weighted by Gasteiger charge is -2.12. The van der Waals surface area contributed by atoms with Gasteiger partial charge in [-0.1, -0.05) is 24.3 Å². The zero-order chi connectivity index (χ0) is 38.8. The molecule has 14 heteroatoms. The van der Waals surface area contributed by atoms with Gasteiger partial charge < -0.3 is 18.0 Å². The van der Waals surface area contributed by atoms with Crippen LogP contribution in [-0.4, -0.2) is 57.3 Å². The Morgan fingerprint density at radius 3 is 1.08 bits per heavy atom. The van der Waals surface area contributed by atoms with Crippen LogP contribution in [-0.2, 0) is 0 Å². The van der Waals surface area contributed by atoms with Gasteiger partial charge in [0.05, 0.1) is 34.5 Å². The van der Waals surface area contributed by atoms with Crippen LogP contribution in [0, 0.1) is 0 Å². The molecule has 280 valence electrons. The van der Waals surface area contributed by atoms with Crippen molar-refractivity contribution in [1.82, 2.24) is 57.3 Å². The molecule has 0 saturated carbocycles. The Hall–Kier alpha value is -8.78. The maximum atomic E-state index is 6.47. The summed E-state index contributed by atoms with van der Waals surface area (Å²) in [7, 11) is 0. The van der Waals surface area contributed by atoms with Crippen molar-refractivity contribution in [2.75, 3.05) is 0 Å². The Kier molecular flexibility index (Phi) is 5.36. The number of hydrogen-bond acceptors (Lipinski definition) is 8. The molecule has 10 aromatic heterocycles. The Morgan fingerprint density at radius 2 is 0.683 bits per heavy atom. The van der Waals surface area contributed by atoms with Crippen molar-refractivity contribution in [2.24, 2.45) is 0 Å². The summed E-state index contributed by atoms with van der Waals surface area (Å²) in [4.78, 5) is 29.0. The number of pyridine rings is 2. The molecule has 18 rings (SSSR count). The normalized spacial score (nSPS) is 12.7. The number of imidazole rings is 2. The molecular formula is C46H24N12O2. The van der Waals surface area contributed by atoms with Crippen LogP contribution in [0.2, 0.25) is 0 Å². The van der Waals surface area contributed by atoms with E-state index >= 15 is 0 Å². The summed E-state index contributed by atoms with van der Waals surface area (Å²) >= 11 is 0. The second kappa shape index (κ2) is 10.6. The van der Waals surface area contributed by atoms with Crippen LogP contribution in [0.4, 0.5) is 0 Å². The summed E-state index contributed by atoms with van der Waals surface area (Å²) in [6.45, 7) is 0. The third-order valence-electron chi connectivity index (χ3n) is 12.1. The first-order valence-corrected chi connectivity index (χ1v) is 19.4. The molecule has 0 unspecified atom stereocenters. The Balaban J connectivity index is 1.03. The monoisotopic (exact) mass is 776 g/mol. The summed E-state index contributed by atoms with van der Waals surface area (Å²) < 4.78 is 25.4. The number of nitrogens with zero attached hydrogens (tertiary/aromatic N) is 12. The fourth-order valence-corrected chi connectivity index (χ4v) is 9.29. The maximum absolute atomic E-state index is 6.47. The van der Waals surface area contributed by atoms with Gasteiger partial charge in [-0.25, -0.2) is 19.9 Å². The number of hydrogen-bond donors (Lipinski definition) is 0. The zero-order valence-electron chi connectivity index (χ0n) is 31.0.